The van der Waals surface area contributed by atoms with Gasteiger partial charge in [0.25, 0.3) is 0 Å². The van der Waals surface area contributed by atoms with E-state index in [1.165, 1.54) is 128 Å². The maximum absolute atomic E-state index is 12.8. The molecule has 0 aromatic heterocycles. The van der Waals surface area contributed by atoms with Crippen molar-refractivity contribution < 1.29 is 32.9 Å². The van der Waals surface area contributed by atoms with E-state index in [1.807, 2.05) is 21.1 Å². The summed E-state index contributed by atoms with van der Waals surface area (Å²) in [6, 6.07) is -0.755. The lowest BCUT2D eigenvalue weighted by Gasteiger charge is -2.26. The van der Waals surface area contributed by atoms with Crippen molar-refractivity contribution in [2.75, 3.05) is 40.9 Å². The van der Waals surface area contributed by atoms with Crippen LogP contribution in [0.15, 0.2) is 12.2 Å². The van der Waals surface area contributed by atoms with E-state index in [2.05, 4.69) is 31.3 Å². The number of hydrogen-bond acceptors (Lipinski definition) is 5. The highest BCUT2D eigenvalue weighted by Gasteiger charge is 2.28. The smallest absolute Gasteiger partial charge is 0.391 e. The third-order valence-corrected chi connectivity index (χ3v) is 10.5. The van der Waals surface area contributed by atoms with E-state index in [1.54, 1.807) is 0 Å². The zero-order valence-corrected chi connectivity index (χ0v) is 34.5. The highest BCUT2D eigenvalue weighted by Crippen LogP contribution is 2.43. The van der Waals surface area contributed by atoms with Crippen molar-refractivity contribution in [2.45, 2.75) is 206 Å². The molecule has 0 aromatic carbocycles. The lowest BCUT2D eigenvalue weighted by atomic mass is 10.0. The summed E-state index contributed by atoms with van der Waals surface area (Å²) in [5.41, 5.74) is 0. The van der Waals surface area contributed by atoms with Crippen LogP contribution in [0.3, 0.4) is 0 Å². The maximum atomic E-state index is 12.8. The largest absolute Gasteiger partial charge is 0.472 e. The van der Waals surface area contributed by atoms with Crippen molar-refractivity contribution in [3.8, 4) is 0 Å². The molecule has 50 heavy (non-hydrogen) atoms. The van der Waals surface area contributed by atoms with E-state index in [0.717, 1.165) is 38.5 Å². The van der Waals surface area contributed by atoms with Crippen molar-refractivity contribution in [3.63, 3.8) is 0 Å². The number of nitrogens with zero attached hydrogens (tertiary/aromatic N) is 1. The molecule has 0 saturated heterocycles. The molecule has 3 N–H and O–H groups in total. The Balaban J connectivity index is 4.27. The number of amides is 1. The first-order valence-electron chi connectivity index (χ1n) is 21.1. The highest BCUT2D eigenvalue weighted by atomic mass is 31.2. The van der Waals surface area contributed by atoms with Crippen molar-refractivity contribution in [1.29, 1.82) is 0 Å². The molecule has 0 aliphatic heterocycles. The van der Waals surface area contributed by atoms with Gasteiger partial charge >= 0.3 is 7.82 Å². The van der Waals surface area contributed by atoms with Gasteiger partial charge < -0.3 is 19.8 Å². The molecule has 0 rings (SSSR count). The molecule has 0 bridgehead atoms. The Kier molecular flexibility index (Phi) is 33.5. The number of unbranched alkanes of at least 4 members (excludes halogenated alkanes) is 23. The Hall–Kier alpha value is -0.760. The Bertz CT molecular complexity index is 834. The minimum Gasteiger partial charge on any atom is -0.391 e. The molecule has 0 aliphatic carbocycles. The van der Waals surface area contributed by atoms with Crippen molar-refractivity contribution >= 4 is 13.7 Å². The van der Waals surface area contributed by atoms with E-state index in [4.69, 9.17) is 9.05 Å². The predicted octanol–water partition coefficient (Wildman–Crippen LogP) is 11.2. The van der Waals surface area contributed by atoms with Crippen LogP contribution in [0.4, 0.5) is 0 Å². The van der Waals surface area contributed by atoms with Gasteiger partial charge in [0.1, 0.15) is 13.2 Å². The molecule has 0 saturated carbocycles. The van der Waals surface area contributed by atoms with Crippen LogP contribution in [0, 0.1) is 0 Å². The fourth-order valence-electron chi connectivity index (χ4n) is 6.10. The highest BCUT2D eigenvalue weighted by molar-refractivity contribution is 7.47. The van der Waals surface area contributed by atoms with E-state index in [-0.39, 0.29) is 19.1 Å². The number of nitrogens with one attached hydrogen (secondary N) is 1. The third kappa shape index (κ3) is 35.6. The van der Waals surface area contributed by atoms with Crippen molar-refractivity contribution in [2.24, 2.45) is 0 Å². The van der Waals surface area contributed by atoms with Crippen LogP contribution in [-0.4, -0.2) is 73.4 Å². The first kappa shape index (κ1) is 49.2. The summed E-state index contributed by atoms with van der Waals surface area (Å²) >= 11 is 0. The number of likely N-dealkylation sites (N-methyl/N-ethyl adjacent to an activating group) is 1. The van der Waals surface area contributed by atoms with Crippen LogP contribution in [0.2, 0.25) is 0 Å². The Morgan fingerprint density at radius 1 is 0.660 bits per heavy atom. The van der Waals surface area contributed by atoms with Gasteiger partial charge in [0.05, 0.1) is 39.9 Å². The lowest BCUT2D eigenvalue weighted by molar-refractivity contribution is -0.870. The van der Waals surface area contributed by atoms with Gasteiger partial charge in [-0.15, -0.1) is 0 Å². The number of quaternary nitrogens is 1. The molecule has 0 aromatic rings. The first-order chi connectivity index (χ1) is 24.0. The second-order valence-corrected chi connectivity index (χ2v) is 17.2. The van der Waals surface area contributed by atoms with Gasteiger partial charge in [0.15, 0.2) is 0 Å². The number of aliphatic hydroxyl groups is 1. The van der Waals surface area contributed by atoms with Crippen LogP contribution < -0.4 is 5.32 Å². The maximum Gasteiger partial charge on any atom is 0.472 e. The summed E-state index contributed by atoms with van der Waals surface area (Å²) in [6.45, 7) is 4.86. The third-order valence-electron chi connectivity index (χ3n) is 9.51. The van der Waals surface area contributed by atoms with Crippen LogP contribution >= 0.6 is 7.82 Å². The van der Waals surface area contributed by atoms with Crippen LogP contribution in [-0.2, 0) is 18.4 Å². The number of hydrogen-bond donors (Lipinski definition) is 3. The van der Waals surface area contributed by atoms with E-state index < -0.39 is 20.0 Å². The fraction of sp³-hybridized carbons (Fsp3) is 0.927. The predicted molar refractivity (Wildman–Crippen MR) is 212 cm³/mol. The molecule has 0 spiro atoms. The van der Waals surface area contributed by atoms with Crippen molar-refractivity contribution in [1.82, 2.24) is 5.32 Å². The molecule has 1 amide bonds. The normalized spacial score (nSPS) is 14.6. The van der Waals surface area contributed by atoms with Gasteiger partial charge in [0.2, 0.25) is 5.91 Å². The van der Waals surface area contributed by atoms with Gasteiger partial charge in [-0.3, -0.25) is 13.8 Å². The molecule has 8 nitrogen and oxygen atoms in total. The average molecular weight is 732 g/mol. The average Bonchev–Trinajstić information content (AvgIpc) is 3.06. The molecule has 0 fully saturated rings. The van der Waals surface area contributed by atoms with Crippen LogP contribution in [0.25, 0.3) is 0 Å². The molecule has 0 radical (unpaired) electrons. The number of carbonyl (C=O) groups is 1. The Morgan fingerprint density at radius 2 is 1.08 bits per heavy atom. The summed E-state index contributed by atoms with van der Waals surface area (Å²) in [4.78, 5) is 23.0. The SMILES string of the molecule is CCCCCCCC/C=C\CCCCCCCCCCCC(=O)NC(COP(=O)(O)OCC[N+](C)(C)C)C(O)CCCCCCCCCCC. The zero-order chi connectivity index (χ0) is 37.2. The van der Waals surface area contributed by atoms with Gasteiger partial charge in [-0.1, -0.05) is 161 Å². The molecule has 3 unspecified atom stereocenters. The summed E-state index contributed by atoms with van der Waals surface area (Å²) in [6.07, 6.45) is 36.7. The quantitative estimate of drug-likeness (QED) is 0.0253. The monoisotopic (exact) mass is 732 g/mol. The number of aliphatic hydroxyl groups excluding tert-OH is 1. The molecule has 0 heterocycles. The zero-order valence-electron chi connectivity index (χ0n) is 33.7. The number of phosphoric acid groups is 1. The van der Waals surface area contributed by atoms with E-state index >= 15 is 0 Å². The minimum absolute atomic E-state index is 0.0757. The molecule has 9 heteroatoms. The minimum atomic E-state index is -4.30. The van der Waals surface area contributed by atoms with Gasteiger partial charge in [0, 0.05) is 6.42 Å². The van der Waals surface area contributed by atoms with Crippen LogP contribution in [0.5, 0.6) is 0 Å². The van der Waals surface area contributed by atoms with Crippen LogP contribution in [0.1, 0.15) is 194 Å². The summed E-state index contributed by atoms with van der Waals surface area (Å²) in [5, 5.41) is 13.9. The van der Waals surface area contributed by atoms with Gasteiger partial charge in [-0.2, -0.15) is 0 Å². The molecule has 3 atom stereocenters. The Labute approximate surface area is 310 Å². The number of carbonyl (C=O) groups excluding carboxylic acids is 1. The van der Waals surface area contributed by atoms with Gasteiger partial charge in [-0.05, 0) is 38.5 Å². The molecule has 298 valence electrons. The number of phosphoric ester groups is 1. The Morgan fingerprint density at radius 3 is 1.54 bits per heavy atom. The van der Waals surface area contributed by atoms with E-state index in [0.29, 0.717) is 23.9 Å². The molecular weight excluding hydrogens is 647 g/mol. The number of allylic oxidation sites excluding steroid dienone is 2. The number of rotatable bonds is 38. The van der Waals surface area contributed by atoms with E-state index in [9.17, 15) is 19.4 Å². The summed E-state index contributed by atoms with van der Waals surface area (Å²) in [5.74, 6) is -0.149. The second-order valence-electron chi connectivity index (χ2n) is 15.7. The molecule has 0 aliphatic rings. The lowest BCUT2D eigenvalue weighted by Crippen LogP contribution is -2.46. The summed E-state index contributed by atoms with van der Waals surface area (Å²) < 4.78 is 23.5. The topological polar surface area (TPSA) is 105 Å². The van der Waals surface area contributed by atoms with Crippen molar-refractivity contribution in [3.05, 3.63) is 12.2 Å². The summed E-state index contributed by atoms with van der Waals surface area (Å²) in [7, 11) is 1.62. The molecular formula is C41H84N2O6P+. The fourth-order valence-corrected chi connectivity index (χ4v) is 6.83. The van der Waals surface area contributed by atoms with Gasteiger partial charge in [-0.25, -0.2) is 4.57 Å². The standard InChI is InChI=1S/C41H83N2O6P/c1-6-8-10-12-14-16-17-18-19-20-21-22-23-24-25-27-29-31-33-35-41(45)42-39(38-49-50(46,47)48-37-36-43(3,4)5)40(44)34-32-30-28-26-15-13-11-9-7-2/h18-19,39-40,44H,6-17,20-38H2,1-5H3,(H-,42,45,46,47)/p+1/b19-18-. The second kappa shape index (κ2) is 34.0. The first-order valence-corrected chi connectivity index (χ1v) is 22.5.